The molecule has 2 rings (SSSR count). The second kappa shape index (κ2) is 7.95. The molecule has 0 spiro atoms. The van der Waals surface area contributed by atoms with Crippen LogP contribution in [0.5, 0.6) is 0 Å². The fourth-order valence-corrected chi connectivity index (χ4v) is 3.89. The molecule has 118 valence electrons. The maximum Gasteiger partial charge on any atom is 0.0478 e. The fourth-order valence-electron chi connectivity index (χ4n) is 3.89. The lowest BCUT2D eigenvalue weighted by atomic mass is 9.95. The molecule has 0 bridgehead atoms. The zero-order valence-corrected chi connectivity index (χ0v) is 14.2. The first-order chi connectivity index (χ1) is 10.2. The fraction of sp³-hybridized carbons (Fsp3) is 0.684. The molecule has 0 aliphatic carbocycles. The van der Waals surface area contributed by atoms with Crippen LogP contribution < -0.4 is 5.32 Å². The van der Waals surface area contributed by atoms with Gasteiger partial charge in [-0.25, -0.2) is 0 Å². The summed E-state index contributed by atoms with van der Waals surface area (Å²) in [5.41, 5.74) is 1.43. The molecule has 1 N–H and O–H groups in total. The molecule has 21 heavy (non-hydrogen) atoms. The van der Waals surface area contributed by atoms with Gasteiger partial charge < -0.3 is 5.32 Å². The van der Waals surface area contributed by atoms with Crippen molar-refractivity contribution in [1.82, 2.24) is 10.2 Å². The topological polar surface area (TPSA) is 15.3 Å². The van der Waals surface area contributed by atoms with Gasteiger partial charge in [0.15, 0.2) is 0 Å². The van der Waals surface area contributed by atoms with E-state index in [9.17, 15) is 0 Å². The van der Waals surface area contributed by atoms with E-state index in [0.717, 1.165) is 12.5 Å². The molecule has 4 atom stereocenters. The Morgan fingerprint density at radius 3 is 2.43 bits per heavy atom. The van der Waals surface area contributed by atoms with Crippen LogP contribution in [0.2, 0.25) is 0 Å². The van der Waals surface area contributed by atoms with Crippen molar-refractivity contribution < 1.29 is 0 Å². The molecule has 4 unspecified atom stereocenters. The van der Waals surface area contributed by atoms with Crippen LogP contribution in [0.15, 0.2) is 30.3 Å². The first-order valence-electron chi connectivity index (χ1n) is 8.71. The van der Waals surface area contributed by atoms with E-state index in [2.05, 4.69) is 68.2 Å². The number of nitrogens with one attached hydrogen (secondary N) is 1. The van der Waals surface area contributed by atoms with Gasteiger partial charge in [-0.15, -0.1) is 0 Å². The number of benzene rings is 1. The molecule has 0 radical (unpaired) electrons. The number of hydrogen-bond acceptors (Lipinski definition) is 2. The summed E-state index contributed by atoms with van der Waals surface area (Å²) in [5.74, 6) is 0.830. The van der Waals surface area contributed by atoms with E-state index >= 15 is 0 Å². The van der Waals surface area contributed by atoms with Crippen LogP contribution >= 0.6 is 0 Å². The van der Waals surface area contributed by atoms with Gasteiger partial charge >= 0.3 is 0 Å². The summed E-state index contributed by atoms with van der Waals surface area (Å²) in [6, 6.07) is 12.8. The molecule has 1 aromatic rings. The van der Waals surface area contributed by atoms with Gasteiger partial charge in [-0.05, 0) is 44.2 Å². The number of hydrogen-bond donors (Lipinski definition) is 1. The summed E-state index contributed by atoms with van der Waals surface area (Å²) in [7, 11) is 0. The second-order valence-corrected chi connectivity index (χ2v) is 6.70. The lowest BCUT2D eigenvalue weighted by molar-refractivity contribution is 0.142. The predicted octanol–water partition coefficient (Wildman–Crippen LogP) is 4.24. The van der Waals surface area contributed by atoms with Gasteiger partial charge in [-0.2, -0.15) is 0 Å². The minimum atomic E-state index is 0.448. The van der Waals surface area contributed by atoms with Crippen molar-refractivity contribution >= 4 is 0 Å². The van der Waals surface area contributed by atoms with Crippen LogP contribution in [0.1, 0.15) is 58.6 Å². The van der Waals surface area contributed by atoms with Gasteiger partial charge in [0.1, 0.15) is 0 Å². The predicted molar refractivity (Wildman–Crippen MR) is 91.5 cm³/mol. The quantitative estimate of drug-likeness (QED) is 0.807. The first kappa shape index (κ1) is 16.5. The van der Waals surface area contributed by atoms with Gasteiger partial charge in [0.25, 0.3) is 0 Å². The molecule has 0 aromatic heterocycles. The van der Waals surface area contributed by atoms with Gasteiger partial charge in [-0.3, -0.25) is 4.90 Å². The van der Waals surface area contributed by atoms with E-state index in [1.807, 2.05) is 0 Å². The Balaban J connectivity index is 2.20. The molecule has 1 aromatic carbocycles. The highest BCUT2D eigenvalue weighted by molar-refractivity contribution is 5.21. The molecule has 1 heterocycles. The zero-order valence-electron chi connectivity index (χ0n) is 14.2. The van der Waals surface area contributed by atoms with Crippen LogP contribution in [0.25, 0.3) is 0 Å². The van der Waals surface area contributed by atoms with Crippen LogP contribution in [0, 0.1) is 5.92 Å². The number of rotatable bonds is 7. The molecule has 0 saturated carbocycles. The SMILES string of the molecule is CCCNC(c1ccccc1)C(CC)N1CC(C)CC1C. The van der Waals surface area contributed by atoms with Crippen molar-refractivity contribution in [3.05, 3.63) is 35.9 Å². The maximum atomic E-state index is 3.81. The molecular weight excluding hydrogens is 256 g/mol. The lowest BCUT2D eigenvalue weighted by Gasteiger charge is -2.37. The Labute approximate surface area is 130 Å². The van der Waals surface area contributed by atoms with Crippen molar-refractivity contribution in [2.24, 2.45) is 5.92 Å². The highest BCUT2D eigenvalue weighted by Crippen LogP contribution is 2.32. The molecule has 1 fully saturated rings. The van der Waals surface area contributed by atoms with E-state index in [-0.39, 0.29) is 0 Å². The van der Waals surface area contributed by atoms with Gasteiger partial charge in [0.05, 0.1) is 0 Å². The van der Waals surface area contributed by atoms with E-state index in [1.165, 1.54) is 31.4 Å². The van der Waals surface area contributed by atoms with Gasteiger partial charge in [-0.1, -0.05) is 51.1 Å². The number of nitrogens with zero attached hydrogens (tertiary/aromatic N) is 1. The highest BCUT2D eigenvalue weighted by atomic mass is 15.2. The summed E-state index contributed by atoms with van der Waals surface area (Å²) < 4.78 is 0. The standard InChI is InChI=1S/C19H32N2/c1-5-12-20-19(17-10-8-7-9-11-17)18(6-2)21-14-15(3)13-16(21)4/h7-11,15-16,18-20H,5-6,12-14H2,1-4H3. The third-order valence-corrected chi connectivity index (χ3v) is 4.83. The minimum Gasteiger partial charge on any atom is -0.309 e. The van der Waals surface area contributed by atoms with Crippen molar-refractivity contribution in [3.8, 4) is 0 Å². The van der Waals surface area contributed by atoms with Crippen LogP contribution in [-0.4, -0.2) is 30.1 Å². The molecule has 1 aliphatic heterocycles. The third-order valence-electron chi connectivity index (χ3n) is 4.83. The Morgan fingerprint density at radius 1 is 1.19 bits per heavy atom. The van der Waals surface area contributed by atoms with E-state index in [0.29, 0.717) is 18.1 Å². The van der Waals surface area contributed by atoms with E-state index in [1.54, 1.807) is 0 Å². The van der Waals surface area contributed by atoms with Gasteiger partial charge in [0, 0.05) is 24.7 Å². The van der Waals surface area contributed by atoms with Crippen molar-refractivity contribution in [3.63, 3.8) is 0 Å². The Bertz CT molecular complexity index is 403. The average molecular weight is 288 g/mol. The molecule has 1 saturated heterocycles. The Kier molecular flexibility index (Phi) is 6.25. The molecular formula is C19H32N2. The second-order valence-electron chi connectivity index (χ2n) is 6.70. The largest absolute Gasteiger partial charge is 0.309 e. The van der Waals surface area contributed by atoms with Crippen molar-refractivity contribution in [2.75, 3.05) is 13.1 Å². The first-order valence-corrected chi connectivity index (χ1v) is 8.71. The van der Waals surface area contributed by atoms with Gasteiger partial charge in [0.2, 0.25) is 0 Å². The van der Waals surface area contributed by atoms with Crippen LogP contribution in [-0.2, 0) is 0 Å². The minimum absolute atomic E-state index is 0.448. The smallest absolute Gasteiger partial charge is 0.0478 e. The van der Waals surface area contributed by atoms with Crippen LogP contribution in [0.4, 0.5) is 0 Å². The molecule has 0 amide bonds. The maximum absolute atomic E-state index is 3.81. The van der Waals surface area contributed by atoms with Crippen LogP contribution in [0.3, 0.4) is 0 Å². The summed E-state index contributed by atoms with van der Waals surface area (Å²) in [6.45, 7) is 11.7. The normalized spacial score (nSPS) is 25.9. The Morgan fingerprint density at radius 2 is 1.90 bits per heavy atom. The highest BCUT2D eigenvalue weighted by Gasteiger charge is 2.35. The van der Waals surface area contributed by atoms with E-state index < -0.39 is 0 Å². The summed E-state index contributed by atoms with van der Waals surface area (Å²) >= 11 is 0. The molecule has 2 nitrogen and oxygen atoms in total. The molecule has 2 heteroatoms. The van der Waals surface area contributed by atoms with Crippen molar-refractivity contribution in [2.45, 2.75) is 65.1 Å². The monoisotopic (exact) mass is 288 g/mol. The third kappa shape index (κ3) is 4.08. The summed E-state index contributed by atoms with van der Waals surface area (Å²) in [5, 5.41) is 3.81. The molecule has 1 aliphatic rings. The average Bonchev–Trinajstić information content (AvgIpc) is 2.83. The summed E-state index contributed by atoms with van der Waals surface area (Å²) in [6.07, 6.45) is 3.73. The van der Waals surface area contributed by atoms with E-state index in [4.69, 9.17) is 0 Å². The summed E-state index contributed by atoms with van der Waals surface area (Å²) in [4.78, 5) is 2.74. The number of likely N-dealkylation sites (tertiary alicyclic amines) is 1. The lowest BCUT2D eigenvalue weighted by Crippen LogP contribution is -2.46. The zero-order chi connectivity index (χ0) is 15.2. The Hall–Kier alpha value is -0.860. The van der Waals surface area contributed by atoms with Crippen molar-refractivity contribution in [1.29, 1.82) is 0 Å².